The first-order valence-electron chi connectivity index (χ1n) is 13.9. The van der Waals surface area contributed by atoms with Crippen LogP contribution in [0.1, 0.15) is 99.3 Å². The normalized spacial score (nSPS) is 55.7. The van der Waals surface area contributed by atoms with E-state index >= 15 is 0 Å². The van der Waals surface area contributed by atoms with Crippen LogP contribution < -0.4 is 0 Å². The number of carbonyl (C=O) groups is 2. The summed E-state index contributed by atoms with van der Waals surface area (Å²) in [5.74, 6) is -0.103. The summed E-state index contributed by atoms with van der Waals surface area (Å²) in [4.78, 5) is 25.2. The van der Waals surface area contributed by atoms with Crippen molar-refractivity contribution >= 4 is 11.8 Å². The van der Waals surface area contributed by atoms with Crippen LogP contribution in [-0.2, 0) is 9.59 Å². The average Bonchev–Trinajstić information content (AvgIpc) is 2.81. The fourth-order valence-corrected chi connectivity index (χ4v) is 10.4. The molecule has 0 spiro atoms. The summed E-state index contributed by atoms with van der Waals surface area (Å²) in [6.45, 7) is 13.4. The molecule has 5 aliphatic rings. The molecular formula is C30H46O5. The van der Waals surface area contributed by atoms with Crippen LogP contribution in [-0.4, -0.2) is 39.8 Å². The maximum absolute atomic E-state index is 12.9. The Morgan fingerprint density at radius 3 is 2.14 bits per heavy atom. The highest BCUT2D eigenvalue weighted by Gasteiger charge is 2.70. The number of hydrogen-bond acceptors (Lipinski definition) is 4. The Kier molecular flexibility index (Phi) is 5.40. The minimum Gasteiger partial charge on any atom is -0.481 e. The van der Waals surface area contributed by atoms with Crippen molar-refractivity contribution in [1.29, 1.82) is 0 Å². The Morgan fingerprint density at radius 2 is 1.51 bits per heavy atom. The van der Waals surface area contributed by atoms with Gasteiger partial charge in [-0.25, -0.2) is 0 Å². The predicted molar refractivity (Wildman–Crippen MR) is 134 cm³/mol. The molecule has 5 rings (SSSR count). The van der Waals surface area contributed by atoms with E-state index < -0.39 is 22.9 Å². The Morgan fingerprint density at radius 1 is 0.914 bits per heavy atom. The molecule has 196 valence electrons. The zero-order chi connectivity index (χ0) is 25.8. The Labute approximate surface area is 210 Å². The van der Waals surface area contributed by atoms with E-state index in [9.17, 15) is 24.9 Å². The lowest BCUT2D eigenvalue weighted by Gasteiger charge is -2.73. The molecule has 0 aromatic rings. The average molecular weight is 487 g/mol. The maximum atomic E-state index is 12.9. The number of carboxylic acids is 1. The second kappa shape index (κ2) is 7.43. The topological polar surface area (TPSA) is 94.8 Å². The molecule has 5 heteroatoms. The number of aliphatic carboxylic acids is 1. The molecule has 0 heterocycles. The predicted octanol–water partition coefficient (Wildman–Crippen LogP) is 5.39. The van der Waals surface area contributed by atoms with E-state index in [1.54, 1.807) is 6.08 Å². The molecule has 0 aliphatic heterocycles. The van der Waals surface area contributed by atoms with Gasteiger partial charge in [-0.05, 0) is 110 Å². The number of fused-ring (bicyclic) bond motifs is 7. The van der Waals surface area contributed by atoms with Crippen LogP contribution in [0.3, 0.4) is 0 Å². The molecule has 0 aromatic heterocycles. The standard InChI is InChI=1S/C30H46O5/c1-25-9-10-26(2,24(34)35)16-22(25)30(6)14-12-27(3)19-15-20(32)23(33)28(4,17-31)18(19)7-8-21(27)29(30,5)13-11-25/h15,18,21-23,31,33H,7-14,16-17H2,1-6H3,(H,34,35)/t18?,21?,22-,23+,25-,26-,27+,28+,29-,30+/m1/s1. The second-order valence-corrected chi connectivity index (χ2v) is 14.8. The van der Waals surface area contributed by atoms with Crippen molar-refractivity contribution < 1.29 is 24.9 Å². The van der Waals surface area contributed by atoms with Crippen molar-refractivity contribution in [1.82, 2.24) is 0 Å². The van der Waals surface area contributed by atoms with Gasteiger partial charge in [0.2, 0.25) is 0 Å². The molecule has 4 fully saturated rings. The van der Waals surface area contributed by atoms with Crippen LogP contribution in [0.2, 0.25) is 0 Å². The van der Waals surface area contributed by atoms with Crippen molar-refractivity contribution in [2.75, 3.05) is 6.61 Å². The van der Waals surface area contributed by atoms with E-state index in [2.05, 4.69) is 27.7 Å². The molecule has 5 aliphatic carbocycles. The number of carbonyl (C=O) groups excluding carboxylic acids is 1. The van der Waals surface area contributed by atoms with E-state index in [0.717, 1.165) is 63.4 Å². The van der Waals surface area contributed by atoms with Gasteiger partial charge in [-0.2, -0.15) is 0 Å². The zero-order valence-electron chi connectivity index (χ0n) is 22.6. The second-order valence-electron chi connectivity index (χ2n) is 14.8. The number of aliphatic hydroxyl groups is 2. The van der Waals surface area contributed by atoms with E-state index in [1.807, 2.05) is 13.8 Å². The molecule has 4 saturated carbocycles. The van der Waals surface area contributed by atoms with Gasteiger partial charge < -0.3 is 15.3 Å². The molecular weight excluding hydrogens is 440 g/mol. The van der Waals surface area contributed by atoms with Crippen LogP contribution in [0, 0.1) is 50.2 Å². The number of rotatable bonds is 2. The van der Waals surface area contributed by atoms with Gasteiger partial charge in [0.1, 0.15) is 6.10 Å². The minimum absolute atomic E-state index is 0.0215. The zero-order valence-corrected chi connectivity index (χ0v) is 22.6. The first kappa shape index (κ1) is 25.4. The SMILES string of the molecule is C[C@@]1(C(=O)O)CC[C@]2(C)CC[C@]3(C)C4CCC5C(=CC(=O)[C@H](O)[C@@]5(C)CO)[C@]4(C)CC[C@@]3(C)[C@@H]2C1. The first-order chi connectivity index (χ1) is 16.1. The van der Waals surface area contributed by atoms with Gasteiger partial charge in [0.25, 0.3) is 0 Å². The monoisotopic (exact) mass is 486 g/mol. The highest BCUT2D eigenvalue weighted by Crippen LogP contribution is 2.77. The summed E-state index contributed by atoms with van der Waals surface area (Å²) >= 11 is 0. The largest absolute Gasteiger partial charge is 0.481 e. The summed E-state index contributed by atoms with van der Waals surface area (Å²) in [6, 6.07) is 0. The van der Waals surface area contributed by atoms with Crippen LogP contribution >= 0.6 is 0 Å². The lowest BCUT2D eigenvalue weighted by molar-refractivity contribution is -0.227. The van der Waals surface area contributed by atoms with Gasteiger partial charge in [-0.3, -0.25) is 9.59 Å². The minimum atomic E-state index is -1.14. The van der Waals surface area contributed by atoms with Gasteiger partial charge in [0.05, 0.1) is 12.0 Å². The molecule has 10 atom stereocenters. The van der Waals surface area contributed by atoms with E-state index in [1.165, 1.54) is 0 Å². The van der Waals surface area contributed by atoms with Crippen LogP contribution in [0.5, 0.6) is 0 Å². The quantitative estimate of drug-likeness (QED) is 0.487. The number of allylic oxidation sites excluding steroid dienone is 1. The van der Waals surface area contributed by atoms with E-state index in [0.29, 0.717) is 11.8 Å². The molecule has 0 amide bonds. The summed E-state index contributed by atoms with van der Waals surface area (Å²) in [7, 11) is 0. The molecule has 0 bridgehead atoms. The molecule has 0 aromatic carbocycles. The van der Waals surface area contributed by atoms with Crippen molar-refractivity contribution in [2.45, 2.75) is 105 Å². The summed E-state index contributed by atoms with van der Waals surface area (Å²) in [6.07, 6.45) is 9.33. The molecule has 0 radical (unpaired) electrons. The smallest absolute Gasteiger partial charge is 0.309 e. The maximum Gasteiger partial charge on any atom is 0.309 e. The van der Waals surface area contributed by atoms with Crippen molar-refractivity contribution in [3.8, 4) is 0 Å². The fraction of sp³-hybridized carbons (Fsp3) is 0.867. The summed E-state index contributed by atoms with van der Waals surface area (Å²) < 4.78 is 0. The molecule has 35 heavy (non-hydrogen) atoms. The molecule has 0 saturated heterocycles. The summed E-state index contributed by atoms with van der Waals surface area (Å²) in [5, 5.41) is 31.2. The number of ketones is 1. The first-order valence-corrected chi connectivity index (χ1v) is 13.9. The lowest BCUT2D eigenvalue weighted by atomic mass is 9.31. The third-order valence-corrected chi connectivity index (χ3v) is 13.4. The third kappa shape index (κ3) is 3.00. The highest BCUT2D eigenvalue weighted by molar-refractivity contribution is 5.96. The van der Waals surface area contributed by atoms with Crippen molar-refractivity contribution in [3.05, 3.63) is 11.6 Å². The summed E-state index contributed by atoms with van der Waals surface area (Å²) in [5.41, 5.74) is -0.156. The lowest BCUT2D eigenvalue weighted by Crippen LogP contribution is -2.66. The van der Waals surface area contributed by atoms with Gasteiger partial charge >= 0.3 is 5.97 Å². The van der Waals surface area contributed by atoms with Gasteiger partial charge in [0.15, 0.2) is 5.78 Å². The Hall–Kier alpha value is -1.20. The van der Waals surface area contributed by atoms with Crippen molar-refractivity contribution in [3.63, 3.8) is 0 Å². The van der Waals surface area contributed by atoms with Gasteiger partial charge in [0, 0.05) is 5.41 Å². The van der Waals surface area contributed by atoms with Gasteiger partial charge in [-0.1, -0.05) is 40.2 Å². The van der Waals surface area contributed by atoms with Gasteiger partial charge in [-0.15, -0.1) is 0 Å². The Bertz CT molecular complexity index is 987. The molecule has 5 nitrogen and oxygen atoms in total. The number of aliphatic hydroxyl groups excluding tert-OH is 2. The fourth-order valence-electron chi connectivity index (χ4n) is 10.4. The van der Waals surface area contributed by atoms with E-state index in [-0.39, 0.29) is 40.0 Å². The van der Waals surface area contributed by atoms with Crippen molar-refractivity contribution in [2.24, 2.45) is 50.2 Å². The van der Waals surface area contributed by atoms with Crippen LogP contribution in [0.4, 0.5) is 0 Å². The van der Waals surface area contributed by atoms with Crippen LogP contribution in [0.15, 0.2) is 11.6 Å². The number of hydrogen-bond donors (Lipinski definition) is 3. The molecule has 2 unspecified atom stereocenters. The van der Waals surface area contributed by atoms with E-state index in [4.69, 9.17) is 0 Å². The Balaban J connectivity index is 1.57. The number of carboxylic acid groups (broad SMARTS) is 1. The van der Waals surface area contributed by atoms with Crippen LogP contribution in [0.25, 0.3) is 0 Å². The highest BCUT2D eigenvalue weighted by atomic mass is 16.4. The molecule has 3 N–H and O–H groups in total. The third-order valence-electron chi connectivity index (χ3n) is 13.4.